The maximum Gasteiger partial charge on any atom is 0.302 e. The van der Waals surface area contributed by atoms with Crippen LogP contribution in [0.1, 0.15) is 46.5 Å². The van der Waals surface area contributed by atoms with Crippen LogP contribution in [-0.2, 0) is 9.53 Å². The highest BCUT2D eigenvalue weighted by Crippen LogP contribution is 2.12. The number of hydrogen-bond acceptors (Lipinski definition) is 2. The lowest BCUT2D eigenvalue weighted by atomic mass is 10.0. The van der Waals surface area contributed by atoms with Gasteiger partial charge in [0.2, 0.25) is 0 Å². The van der Waals surface area contributed by atoms with Gasteiger partial charge in [-0.2, -0.15) is 0 Å². The van der Waals surface area contributed by atoms with Crippen LogP contribution in [0.4, 0.5) is 0 Å². The minimum absolute atomic E-state index is 0. The molecule has 0 bridgehead atoms. The largest absolute Gasteiger partial charge is 0.466 e. The van der Waals surface area contributed by atoms with Gasteiger partial charge in [0.1, 0.15) is 0 Å². The fraction of sp³-hybridized carbons (Fsp3) is 0.900. The van der Waals surface area contributed by atoms with Crippen molar-refractivity contribution in [2.75, 3.05) is 6.61 Å². The maximum atomic E-state index is 10.5. The molecule has 0 heterocycles. The van der Waals surface area contributed by atoms with Crippen LogP contribution < -0.4 is 0 Å². The third-order valence-corrected chi connectivity index (χ3v) is 2.07. The highest BCUT2D eigenvalue weighted by Gasteiger charge is 2.06. The smallest absolute Gasteiger partial charge is 0.302 e. The van der Waals surface area contributed by atoms with E-state index < -0.39 is 0 Å². The molecule has 0 spiro atoms. The van der Waals surface area contributed by atoms with E-state index in [0.717, 1.165) is 6.42 Å². The topological polar surface area (TPSA) is 26.3 Å². The van der Waals surface area contributed by atoms with Gasteiger partial charge in [0.05, 0.1) is 6.61 Å². The van der Waals surface area contributed by atoms with Crippen molar-refractivity contribution in [1.82, 2.24) is 0 Å². The van der Waals surface area contributed by atoms with Gasteiger partial charge in [0.25, 0.3) is 0 Å². The zero-order chi connectivity index (χ0) is 9.40. The number of halogens is 1. The second-order valence-electron chi connectivity index (χ2n) is 3.22. The fourth-order valence-corrected chi connectivity index (χ4v) is 1.13. The van der Waals surface area contributed by atoms with E-state index in [9.17, 15) is 4.79 Å². The van der Waals surface area contributed by atoms with Crippen LogP contribution in [0.5, 0.6) is 0 Å². The summed E-state index contributed by atoms with van der Waals surface area (Å²) in [4.78, 5) is 10.5. The SMILES string of the molecule is CCCCC(CC)COC(C)=O.I. The van der Waals surface area contributed by atoms with E-state index in [1.807, 2.05) is 0 Å². The summed E-state index contributed by atoms with van der Waals surface area (Å²) in [7, 11) is 0. The number of ether oxygens (including phenoxy) is 1. The maximum absolute atomic E-state index is 10.5. The van der Waals surface area contributed by atoms with Crippen LogP contribution in [0, 0.1) is 5.92 Å². The average Bonchev–Trinajstić information content (AvgIpc) is 2.05. The molecular weight excluding hydrogens is 279 g/mol. The zero-order valence-corrected chi connectivity index (χ0v) is 11.2. The van der Waals surface area contributed by atoms with Crippen molar-refractivity contribution in [3.63, 3.8) is 0 Å². The predicted molar refractivity (Wildman–Crippen MR) is 65.4 cm³/mol. The second-order valence-corrected chi connectivity index (χ2v) is 3.22. The van der Waals surface area contributed by atoms with Crippen molar-refractivity contribution in [3.05, 3.63) is 0 Å². The van der Waals surface area contributed by atoms with Crippen molar-refractivity contribution in [1.29, 1.82) is 0 Å². The average molecular weight is 300 g/mol. The molecule has 0 radical (unpaired) electrons. The summed E-state index contributed by atoms with van der Waals surface area (Å²) >= 11 is 0. The van der Waals surface area contributed by atoms with Crippen LogP contribution in [0.25, 0.3) is 0 Å². The summed E-state index contributed by atoms with van der Waals surface area (Å²) in [6.07, 6.45) is 4.74. The molecule has 0 amide bonds. The molecule has 3 heteroatoms. The van der Waals surface area contributed by atoms with Gasteiger partial charge in [-0.3, -0.25) is 4.79 Å². The second kappa shape index (κ2) is 10.3. The Morgan fingerprint density at radius 2 is 2.00 bits per heavy atom. The molecule has 1 atom stereocenters. The van der Waals surface area contributed by atoms with E-state index in [-0.39, 0.29) is 29.9 Å². The van der Waals surface area contributed by atoms with Gasteiger partial charge in [0.15, 0.2) is 0 Å². The van der Waals surface area contributed by atoms with Gasteiger partial charge in [-0.05, 0) is 12.3 Å². The molecule has 0 aliphatic heterocycles. The molecule has 13 heavy (non-hydrogen) atoms. The van der Waals surface area contributed by atoms with Crippen LogP contribution in [0.3, 0.4) is 0 Å². The number of unbranched alkanes of at least 4 members (excludes halogenated alkanes) is 1. The third kappa shape index (κ3) is 10.1. The van der Waals surface area contributed by atoms with E-state index in [1.165, 1.54) is 26.2 Å². The number of esters is 1. The standard InChI is InChI=1S/C10H20O2.HI/c1-4-6-7-10(5-2)8-12-9(3)11;/h10H,4-8H2,1-3H3;1H. The summed E-state index contributed by atoms with van der Waals surface area (Å²) in [6.45, 7) is 6.39. The Labute approximate surface area is 98.4 Å². The van der Waals surface area contributed by atoms with Gasteiger partial charge in [0, 0.05) is 6.92 Å². The van der Waals surface area contributed by atoms with Crippen molar-refractivity contribution in [2.24, 2.45) is 5.92 Å². The molecule has 0 saturated heterocycles. The highest BCUT2D eigenvalue weighted by atomic mass is 127. The molecular formula is C10H21IO2. The molecule has 0 saturated carbocycles. The molecule has 0 fully saturated rings. The highest BCUT2D eigenvalue weighted by molar-refractivity contribution is 14.0. The normalized spacial score (nSPS) is 11.6. The van der Waals surface area contributed by atoms with Gasteiger partial charge in [-0.1, -0.05) is 33.1 Å². The third-order valence-electron chi connectivity index (χ3n) is 2.07. The van der Waals surface area contributed by atoms with E-state index in [4.69, 9.17) is 4.74 Å². The molecule has 0 N–H and O–H groups in total. The Bertz CT molecular complexity index is 126. The van der Waals surface area contributed by atoms with Gasteiger partial charge in [-0.25, -0.2) is 0 Å². The molecule has 0 aromatic heterocycles. The first-order chi connectivity index (χ1) is 5.70. The minimum atomic E-state index is -0.162. The lowest BCUT2D eigenvalue weighted by Gasteiger charge is -2.13. The molecule has 0 rings (SSSR count). The Morgan fingerprint density at radius 3 is 2.38 bits per heavy atom. The first kappa shape index (κ1) is 15.7. The molecule has 2 nitrogen and oxygen atoms in total. The summed E-state index contributed by atoms with van der Waals surface area (Å²) in [5.41, 5.74) is 0. The van der Waals surface area contributed by atoms with Crippen molar-refractivity contribution in [3.8, 4) is 0 Å². The quantitative estimate of drug-likeness (QED) is 0.555. The molecule has 80 valence electrons. The zero-order valence-electron chi connectivity index (χ0n) is 8.84. The van der Waals surface area contributed by atoms with E-state index in [2.05, 4.69) is 13.8 Å². The first-order valence-corrected chi connectivity index (χ1v) is 4.84. The summed E-state index contributed by atoms with van der Waals surface area (Å²) in [5.74, 6) is 0.402. The van der Waals surface area contributed by atoms with Crippen molar-refractivity contribution < 1.29 is 9.53 Å². The van der Waals surface area contributed by atoms with Gasteiger partial charge < -0.3 is 4.74 Å². The predicted octanol–water partition coefficient (Wildman–Crippen LogP) is 3.38. The summed E-state index contributed by atoms with van der Waals surface area (Å²) < 4.78 is 4.95. The van der Waals surface area contributed by atoms with Crippen molar-refractivity contribution >= 4 is 29.9 Å². The van der Waals surface area contributed by atoms with Gasteiger partial charge in [-0.15, -0.1) is 24.0 Å². The number of rotatable bonds is 6. The number of carbonyl (C=O) groups excluding carboxylic acids is 1. The molecule has 0 aliphatic carbocycles. The molecule has 1 unspecified atom stereocenters. The lowest BCUT2D eigenvalue weighted by molar-refractivity contribution is -0.142. The molecule has 0 aliphatic rings. The van der Waals surface area contributed by atoms with E-state index in [1.54, 1.807) is 0 Å². The summed E-state index contributed by atoms with van der Waals surface area (Å²) in [6, 6.07) is 0. The Hall–Kier alpha value is 0.200. The van der Waals surface area contributed by atoms with Crippen molar-refractivity contribution in [2.45, 2.75) is 46.5 Å². The van der Waals surface area contributed by atoms with Crippen LogP contribution in [-0.4, -0.2) is 12.6 Å². The van der Waals surface area contributed by atoms with Gasteiger partial charge >= 0.3 is 5.97 Å². The number of carbonyl (C=O) groups is 1. The van der Waals surface area contributed by atoms with E-state index in [0.29, 0.717) is 12.5 Å². The number of hydrogen-bond donors (Lipinski definition) is 0. The van der Waals surface area contributed by atoms with E-state index >= 15 is 0 Å². The van der Waals surface area contributed by atoms with Crippen LogP contribution >= 0.6 is 24.0 Å². The first-order valence-electron chi connectivity index (χ1n) is 4.84. The molecule has 0 aromatic carbocycles. The summed E-state index contributed by atoms with van der Waals surface area (Å²) in [5, 5.41) is 0. The van der Waals surface area contributed by atoms with Crippen LogP contribution in [0.2, 0.25) is 0 Å². The Morgan fingerprint density at radius 1 is 1.38 bits per heavy atom. The van der Waals surface area contributed by atoms with Crippen LogP contribution in [0.15, 0.2) is 0 Å². The fourth-order valence-electron chi connectivity index (χ4n) is 1.13. The Kier molecular flexibility index (Phi) is 12.4. The molecule has 0 aromatic rings. The minimum Gasteiger partial charge on any atom is -0.466 e. The monoisotopic (exact) mass is 300 g/mol. The Balaban J connectivity index is 0. The lowest BCUT2D eigenvalue weighted by Crippen LogP contribution is -2.11.